The molecule has 0 aliphatic rings. The number of carbonyl (C=O) groups is 4. The first-order chi connectivity index (χ1) is 13.2. The summed E-state index contributed by atoms with van der Waals surface area (Å²) in [5.41, 5.74) is 0. The number of carboxylic acids is 2. The number of rotatable bonds is 12. The van der Waals surface area contributed by atoms with Gasteiger partial charge < -0.3 is 25.6 Å². The van der Waals surface area contributed by atoms with Crippen molar-refractivity contribution in [3.8, 4) is 5.75 Å². The highest BCUT2D eigenvalue weighted by Crippen LogP contribution is 2.16. The summed E-state index contributed by atoms with van der Waals surface area (Å²) in [5.74, 6) is -4.19. The summed E-state index contributed by atoms with van der Waals surface area (Å²) in [6.07, 6.45) is -0.886. The molecule has 0 radical (unpaired) electrons. The van der Waals surface area contributed by atoms with Crippen molar-refractivity contribution in [3.05, 3.63) is 30.3 Å². The Morgan fingerprint density at radius 2 is 1.68 bits per heavy atom. The van der Waals surface area contributed by atoms with Crippen molar-refractivity contribution in [3.63, 3.8) is 0 Å². The van der Waals surface area contributed by atoms with Crippen LogP contribution in [0, 0.1) is 11.8 Å². The first kappa shape index (κ1) is 22.9. The number of hydrogen-bond donors (Lipinski definition) is 4. The molecule has 0 bridgehead atoms. The Bertz CT molecular complexity index is 676. The lowest BCUT2D eigenvalue weighted by Crippen LogP contribution is -2.46. The number of nitrogens with one attached hydrogen (secondary N) is 2. The lowest BCUT2D eigenvalue weighted by Gasteiger charge is -2.22. The third kappa shape index (κ3) is 8.52. The molecule has 2 amide bonds. The predicted octanol–water partition coefficient (Wildman–Crippen LogP) is 0.888. The Hall–Kier alpha value is -3.10. The number of carboxylic acid groups (broad SMARTS) is 2. The third-order valence-electron chi connectivity index (χ3n) is 3.98. The second-order valence-corrected chi connectivity index (χ2v) is 6.56. The monoisotopic (exact) mass is 394 g/mol. The minimum atomic E-state index is -1.55. The second-order valence-electron chi connectivity index (χ2n) is 6.56. The van der Waals surface area contributed by atoms with E-state index < -0.39 is 36.2 Å². The first-order valence-electron chi connectivity index (χ1n) is 8.90. The molecule has 0 aliphatic carbocycles. The Labute approximate surface area is 163 Å². The summed E-state index contributed by atoms with van der Waals surface area (Å²) in [5, 5.41) is 22.6. The molecular formula is C19H26N2O7. The zero-order valence-electron chi connectivity index (χ0n) is 15.9. The third-order valence-corrected chi connectivity index (χ3v) is 3.98. The molecule has 0 spiro atoms. The Balaban J connectivity index is 2.50. The summed E-state index contributed by atoms with van der Waals surface area (Å²) in [7, 11) is 0. The lowest BCUT2D eigenvalue weighted by atomic mass is 9.91. The Kier molecular flexibility index (Phi) is 9.49. The van der Waals surface area contributed by atoms with Crippen LogP contribution in [-0.2, 0) is 19.2 Å². The van der Waals surface area contributed by atoms with Gasteiger partial charge in [-0.15, -0.1) is 0 Å². The maximum absolute atomic E-state index is 12.4. The maximum atomic E-state index is 12.4. The highest BCUT2D eigenvalue weighted by Gasteiger charge is 2.30. The topological polar surface area (TPSA) is 142 Å². The van der Waals surface area contributed by atoms with Crippen LogP contribution in [0.4, 0.5) is 0 Å². The molecule has 2 unspecified atom stereocenters. The van der Waals surface area contributed by atoms with Gasteiger partial charge in [0.1, 0.15) is 18.4 Å². The van der Waals surface area contributed by atoms with Gasteiger partial charge in [0.2, 0.25) is 11.8 Å². The molecule has 0 aliphatic heterocycles. The molecule has 28 heavy (non-hydrogen) atoms. The van der Waals surface area contributed by atoms with Crippen LogP contribution in [0.5, 0.6) is 5.75 Å². The predicted molar refractivity (Wildman–Crippen MR) is 99.7 cm³/mol. The number of ether oxygens (including phenoxy) is 1. The van der Waals surface area contributed by atoms with Gasteiger partial charge >= 0.3 is 11.9 Å². The van der Waals surface area contributed by atoms with Crippen molar-refractivity contribution >= 4 is 23.8 Å². The van der Waals surface area contributed by atoms with Crippen LogP contribution in [0.25, 0.3) is 0 Å². The van der Waals surface area contributed by atoms with Crippen LogP contribution in [0.15, 0.2) is 30.3 Å². The van der Waals surface area contributed by atoms with Crippen LogP contribution in [0.1, 0.15) is 26.7 Å². The highest BCUT2D eigenvalue weighted by molar-refractivity contribution is 5.90. The van der Waals surface area contributed by atoms with Gasteiger partial charge in [-0.3, -0.25) is 14.4 Å². The number of para-hydroxylation sites is 1. The van der Waals surface area contributed by atoms with Crippen molar-refractivity contribution in [2.24, 2.45) is 11.8 Å². The van der Waals surface area contributed by atoms with Crippen LogP contribution in [-0.4, -0.2) is 53.2 Å². The summed E-state index contributed by atoms with van der Waals surface area (Å²) in [6, 6.07) is 7.54. The molecule has 9 heteroatoms. The molecule has 1 aromatic carbocycles. The smallest absolute Gasteiger partial charge is 0.326 e. The van der Waals surface area contributed by atoms with E-state index in [9.17, 15) is 19.2 Å². The lowest BCUT2D eigenvalue weighted by molar-refractivity contribution is -0.148. The molecule has 2 atom stereocenters. The van der Waals surface area contributed by atoms with Crippen molar-refractivity contribution < 1.29 is 34.1 Å². The van der Waals surface area contributed by atoms with Gasteiger partial charge in [0, 0.05) is 12.3 Å². The SMILES string of the molecule is CC(C)C(CC(=O)NCCOc1ccccc1)C(=O)NC(CC(=O)O)C(=O)O. The average Bonchev–Trinajstić information content (AvgIpc) is 2.62. The molecule has 0 fully saturated rings. The van der Waals surface area contributed by atoms with E-state index in [1.165, 1.54) is 0 Å². The molecule has 0 saturated heterocycles. The van der Waals surface area contributed by atoms with Gasteiger partial charge in [0.05, 0.1) is 13.0 Å². The van der Waals surface area contributed by atoms with Crippen LogP contribution < -0.4 is 15.4 Å². The summed E-state index contributed by atoms with van der Waals surface area (Å²) in [6.45, 7) is 3.96. The van der Waals surface area contributed by atoms with Crippen molar-refractivity contribution in [2.45, 2.75) is 32.7 Å². The fourth-order valence-electron chi connectivity index (χ4n) is 2.43. The first-order valence-corrected chi connectivity index (χ1v) is 8.90. The van der Waals surface area contributed by atoms with Gasteiger partial charge in [-0.25, -0.2) is 4.79 Å². The zero-order valence-corrected chi connectivity index (χ0v) is 15.9. The van der Waals surface area contributed by atoms with E-state index >= 15 is 0 Å². The van der Waals surface area contributed by atoms with Crippen molar-refractivity contribution in [1.82, 2.24) is 10.6 Å². The molecule has 1 rings (SSSR count). The van der Waals surface area contributed by atoms with E-state index in [1.807, 2.05) is 18.2 Å². The van der Waals surface area contributed by atoms with Gasteiger partial charge in [-0.05, 0) is 18.1 Å². The standard InChI is InChI=1S/C19H26N2O7/c1-12(2)14(18(25)21-15(19(26)27)11-17(23)24)10-16(22)20-8-9-28-13-6-4-3-5-7-13/h3-7,12,14-15H,8-11H2,1-2H3,(H,20,22)(H,21,25)(H,23,24)(H,26,27). The fraction of sp³-hybridized carbons (Fsp3) is 0.474. The molecule has 0 saturated carbocycles. The highest BCUT2D eigenvalue weighted by atomic mass is 16.5. The van der Waals surface area contributed by atoms with Gasteiger partial charge in [-0.2, -0.15) is 0 Å². The molecule has 4 N–H and O–H groups in total. The van der Waals surface area contributed by atoms with Crippen LogP contribution in [0.3, 0.4) is 0 Å². The quantitative estimate of drug-likeness (QED) is 0.386. The van der Waals surface area contributed by atoms with Gasteiger partial charge in [-0.1, -0.05) is 32.0 Å². The van der Waals surface area contributed by atoms with E-state index in [0.29, 0.717) is 5.75 Å². The fourth-order valence-corrected chi connectivity index (χ4v) is 2.43. The summed E-state index contributed by atoms with van der Waals surface area (Å²) < 4.78 is 5.46. The number of carbonyl (C=O) groups excluding carboxylic acids is 2. The minimum absolute atomic E-state index is 0.145. The van der Waals surface area contributed by atoms with E-state index in [0.717, 1.165) is 0 Å². The molecule has 1 aromatic rings. The largest absolute Gasteiger partial charge is 0.492 e. The van der Waals surface area contributed by atoms with Gasteiger partial charge in [0.25, 0.3) is 0 Å². The van der Waals surface area contributed by atoms with E-state index in [1.54, 1.807) is 26.0 Å². The molecule has 9 nitrogen and oxygen atoms in total. The van der Waals surface area contributed by atoms with Gasteiger partial charge in [0.15, 0.2) is 0 Å². The van der Waals surface area contributed by atoms with E-state index in [4.69, 9.17) is 14.9 Å². The molecule has 0 heterocycles. The van der Waals surface area contributed by atoms with E-state index in [2.05, 4.69) is 10.6 Å². The number of aliphatic carboxylic acids is 2. The Morgan fingerprint density at radius 3 is 2.21 bits per heavy atom. The van der Waals surface area contributed by atoms with Crippen LogP contribution in [0.2, 0.25) is 0 Å². The average molecular weight is 394 g/mol. The number of amides is 2. The molecule has 154 valence electrons. The molecule has 0 aromatic heterocycles. The molecular weight excluding hydrogens is 368 g/mol. The Morgan fingerprint density at radius 1 is 1.04 bits per heavy atom. The van der Waals surface area contributed by atoms with Crippen LogP contribution >= 0.6 is 0 Å². The van der Waals surface area contributed by atoms with E-state index in [-0.39, 0.29) is 31.4 Å². The van der Waals surface area contributed by atoms with Crippen molar-refractivity contribution in [1.29, 1.82) is 0 Å². The maximum Gasteiger partial charge on any atom is 0.326 e. The summed E-state index contributed by atoms with van der Waals surface area (Å²) in [4.78, 5) is 46.3. The minimum Gasteiger partial charge on any atom is -0.492 e. The summed E-state index contributed by atoms with van der Waals surface area (Å²) >= 11 is 0. The number of hydrogen-bond acceptors (Lipinski definition) is 5. The van der Waals surface area contributed by atoms with Crippen molar-refractivity contribution in [2.75, 3.05) is 13.2 Å². The number of benzene rings is 1. The normalized spacial score (nSPS) is 12.7. The zero-order chi connectivity index (χ0) is 21.1. The second kappa shape index (κ2) is 11.6.